The average molecular weight is 256 g/mol. The van der Waals surface area contributed by atoms with Crippen LogP contribution in [0.25, 0.3) is 0 Å². The van der Waals surface area contributed by atoms with Crippen molar-refractivity contribution in [3.05, 3.63) is 34.3 Å². The maximum atomic E-state index is 11.9. The highest BCUT2D eigenvalue weighted by Crippen LogP contribution is 2.20. The molecule has 2 N–H and O–H groups in total. The third kappa shape index (κ3) is 3.72. The predicted molar refractivity (Wildman–Crippen MR) is 69.4 cm³/mol. The Balaban J connectivity index is 2.74. The Kier molecular flexibility index (Phi) is 4.54. The second-order valence-electron chi connectivity index (χ2n) is 4.47. The quantitative estimate of drug-likeness (QED) is 0.869. The monoisotopic (exact) mass is 255 g/mol. The van der Waals surface area contributed by atoms with E-state index in [0.29, 0.717) is 17.0 Å². The first-order chi connectivity index (χ1) is 7.87. The Hall–Kier alpha value is -1.06. The van der Waals surface area contributed by atoms with Gasteiger partial charge < -0.3 is 10.4 Å². The van der Waals surface area contributed by atoms with Crippen LogP contribution in [0.15, 0.2) is 18.2 Å². The Labute approximate surface area is 107 Å². The summed E-state index contributed by atoms with van der Waals surface area (Å²) in [4.78, 5) is 11.9. The van der Waals surface area contributed by atoms with E-state index >= 15 is 0 Å². The number of hydrogen-bond donors (Lipinski definition) is 2. The van der Waals surface area contributed by atoms with E-state index in [-0.39, 0.29) is 12.5 Å². The second kappa shape index (κ2) is 5.52. The summed E-state index contributed by atoms with van der Waals surface area (Å²) in [5.41, 5.74) is 0.423. The van der Waals surface area contributed by atoms with Crippen molar-refractivity contribution in [2.24, 2.45) is 0 Å². The van der Waals surface area contributed by atoms with Gasteiger partial charge in [-0.25, -0.2) is 0 Å². The van der Waals surface area contributed by atoms with Gasteiger partial charge in [0.2, 0.25) is 0 Å². The minimum Gasteiger partial charge on any atom is -0.388 e. The number of hydrogen-bond acceptors (Lipinski definition) is 2. The summed E-state index contributed by atoms with van der Waals surface area (Å²) in [6.45, 7) is 5.62. The molecule has 1 amide bonds. The molecule has 0 aliphatic rings. The van der Waals surface area contributed by atoms with Crippen molar-refractivity contribution in [3.63, 3.8) is 0 Å². The van der Waals surface area contributed by atoms with Crippen LogP contribution in [0.3, 0.4) is 0 Å². The maximum Gasteiger partial charge on any atom is 0.252 e. The molecular formula is C13H18ClNO2. The highest BCUT2D eigenvalue weighted by Gasteiger charge is 2.19. The standard InChI is InChI=1S/C13H18ClNO2/c1-4-13(3,17)8-15-12(16)10-7-5-6-9(2)11(10)14/h5-7,17H,4,8H2,1-3H3,(H,15,16). The zero-order valence-corrected chi connectivity index (χ0v) is 11.1. The molecule has 0 bridgehead atoms. The van der Waals surface area contributed by atoms with Gasteiger partial charge in [0.1, 0.15) is 0 Å². The summed E-state index contributed by atoms with van der Waals surface area (Å²) in [6, 6.07) is 5.31. The highest BCUT2D eigenvalue weighted by molar-refractivity contribution is 6.34. The predicted octanol–water partition coefficient (Wildman–Crippen LogP) is 2.54. The molecule has 1 rings (SSSR count). The van der Waals surface area contributed by atoms with Crippen LogP contribution in [0.5, 0.6) is 0 Å². The summed E-state index contributed by atoms with van der Waals surface area (Å²) in [6.07, 6.45) is 0.578. The molecule has 0 spiro atoms. The van der Waals surface area contributed by atoms with Gasteiger partial charge in [0.05, 0.1) is 16.2 Å². The van der Waals surface area contributed by atoms with E-state index in [1.165, 1.54) is 0 Å². The van der Waals surface area contributed by atoms with Crippen molar-refractivity contribution in [2.75, 3.05) is 6.54 Å². The van der Waals surface area contributed by atoms with Gasteiger partial charge in [0, 0.05) is 6.54 Å². The molecule has 0 aromatic heterocycles. The molecule has 0 radical (unpaired) electrons. The van der Waals surface area contributed by atoms with Gasteiger partial charge in [-0.3, -0.25) is 4.79 Å². The number of nitrogens with one attached hydrogen (secondary N) is 1. The zero-order chi connectivity index (χ0) is 13.1. The van der Waals surface area contributed by atoms with E-state index in [0.717, 1.165) is 5.56 Å². The van der Waals surface area contributed by atoms with Crippen molar-refractivity contribution in [3.8, 4) is 0 Å². The Morgan fingerprint density at radius 1 is 1.53 bits per heavy atom. The largest absolute Gasteiger partial charge is 0.388 e. The number of carbonyl (C=O) groups is 1. The summed E-state index contributed by atoms with van der Waals surface area (Å²) >= 11 is 6.05. The number of carbonyl (C=O) groups excluding carboxylic acids is 1. The third-order valence-corrected chi connectivity index (χ3v) is 3.33. The molecule has 0 heterocycles. The van der Waals surface area contributed by atoms with Gasteiger partial charge in [0.25, 0.3) is 5.91 Å². The van der Waals surface area contributed by atoms with Crippen molar-refractivity contribution >= 4 is 17.5 Å². The molecule has 94 valence electrons. The number of aliphatic hydroxyl groups is 1. The number of rotatable bonds is 4. The van der Waals surface area contributed by atoms with Gasteiger partial charge in [-0.2, -0.15) is 0 Å². The first-order valence-corrected chi connectivity index (χ1v) is 6.01. The number of amides is 1. The molecule has 1 atom stereocenters. The van der Waals surface area contributed by atoms with Crippen LogP contribution >= 0.6 is 11.6 Å². The fraction of sp³-hybridized carbons (Fsp3) is 0.462. The van der Waals surface area contributed by atoms with Gasteiger partial charge in [-0.15, -0.1) is 0 Å². The lowest BCUT2D eigenvalue weighted by atomic mass is 10.0. The Morgan fingerprint density at radius 3 is 2.76 bits per heavy atom. The fourth-order valence-electron chi connectivity index (χ4n) is 1.31. The van der Waals surface area contributed by atoms with Crippen molar-refractivity contribution < 1.29 is 9.90 Å². The van der Waals surface area contributed by atoms with Crippen molar-refractivity contribution in [1.82, 2.24) is 5.32 Å². The lowest BCUT2D eigenvalue weighted by Gasteiger charge is -2.21. The number of benzene rings is 1. The van der Waals surface area contributed by atoms with E-state index in [1.807, 2.05) is 19.9 Å². The first-order valence-electron chi connectivity index (χ1n) is 5.63. The smallest absolute Gasteiger partial charge is 0.252 e. The zero-order valence-electron chi connectivity index (χ0n) is 10.4. The van der Waals surface area contributed by atoms with E-state index in [1.54, 1.807) is 19.1 Å². The van der Waals surface area contributed by atoms with E-state index in [2.05, 4.69) is 5.32 Å². The summed E-state index contributed by atoms with van der Waals surface area (Å²) < 4.78 is 0. The molecule has 3 nitrogen and oxygen atoms in total. The molecule has 0 aliphatic heterocycles. The van der Waals surface area contributed by atoms with E-state index < -0.39 is 5.60 Å². The van der Waals surface area contributed by atoms with Crippen LogP contribution in [0.4, 0.5) is 0 Å². The molecular weight excluding hydrogens is 238 g/mol. The van der Waals surface area contributed by atoms with Gasteiger partial charge in [-0.1, -0.05) is 30.7 Å². The molecule has 1 aromatic carbocycles. The van der Waals surface area contributed by atoms with Crippen LogP contribution in [0.1, 0.15) is 36.2 Å². The minimum atomic E-state index is -0.883. The molecule has 4 heteroatoms. The molecule has 0 fully saturated rings. The minimum absolute atomic E-state index is 0.215. The second-order valence-corrected chi connectivity index (χ2v) is 4.85. The molecule has 0 aliphatic carbocycles. The Morgan fingerprint density at radius 2 is 2.18 bits per heavy atom. The maximum absolute atomic E-state index is 11.9. The number of aryl methyl sites for hydroxylation is 1. The van der Waals surface area contributed by atoms with E-state index in [4.69, 9.17) is 11.6 Å². The number of halogens is 1. The summed E-state index contributed by atoms with van der Waals surface area (Å²) in [5, 5.41) is 12.9. The van der Waals surface area contributed by atoms with Gasteiger partial charge >= 0.3 is 0 Å². The van der Waals surface area contributed by atoms with Crippen LogP contribution in [-0.2, 0) is 0 Å². The normalized spacial score (nSPS) is 14.2. The average Bonchev–Trinajstić information content (AvgIpc) is 2.30. The molecule has 0 saturated carbocycles. The van der Waals surface area contributed by atoms with Crippen molar-refractivity contribution in [2.45, 2.75) is 32.8 Å². The third-order valence-electron chi connectivity index (χ3n) is 2.83. The summed E-state index contributed by atoms with van der Waals surface area (Å²) in [5.74, 6) is -0.257. The molecule has 17 heavy (non-hydrogen) atoms. The van der Waals surface area contributed by atoms with Gasteiger partial charge in [0.15, 0.2) is 0 Å². The van der Waals surface area contributed by atoms with E-state index in [9.17, 15) is 9.90 Å². The fourth-order valence-corrected chi connectivity index (χ4v) is 1.53. The lowest BCUT2D eigenvalue weighted by Crippen LogP contribution is -2.40. The van der Waals surface area contributed by atoms with Gasteiger partial charge in [-0.05, 0) is 31.9 Å². The van der Waals surface area contributed by atoms with Crippen LogP contribution in [0, 0.1) is 6.92 Å². The van der Waals surface area contributed by atoms with Crippen LogP contribution in [-0.4, -0.2) is 23.2 Å². The van der Waals surface area contributed by atoms with Crippen molar-refractivity contribution in [1.29, 1.82) is 0 Å². The first kappa shape index (κ1) is 14.0. The Bertz CT molecular complexity index is 416. The SMILES string of the molecule is CCC(C)(O)CNC(=O)c1cccc(C)c1Cl. The molecule has 0 saturated heterocycles. The highest BCUT2D eigenvalue weighted by atomic mass is 35.5. The van der Waals surface area contributed by atoms with Crippen LogP contribution < -0.4 is 5.32 Å². The molecule has 1 aromatic rings. The topological polar surface area (TPSA) is 49.3 Å². The molecule has 1 unspecified atom stereocenters. The summed E-state index contributed by atoms with van der Waals surface area (Å²) in [7, 11) is 0. The van der Waals surface area contributed by atoms with Crippen LogP contribution in [0.2, 0.25) is 5.02 Å². The lowest BCUT2D eigenvalue weighted by molar-refractivity contribution is 0.0518.